The van der Waals surface area contributed by atoms with E-state index >= 15 is 0 Å². The molecule has 1 fully saturated rings. The number of hydrogen-bond donors (Lipinski definition) is 1. The molecule has 1 aliphatic heterocycles. The first-order valence-corrected chi connectivity index (χ1v) is 7.03. The third-order valence-electron chi connectivity index (χ3n) is 4.62. The minimum Gasteiger partial charge on any atom is -0.623 e. The van der Waals surface area contributed by atoms with E-state index in [4.69, 9.17) is 0 Å². The van der Waals surface area contributed by atoms with Crippen LogP contribution in [0.15, 0.2) is 24.3 Å². The van der Waals surface area contributed by atoms with Crippen LogP contribution in [0.25, 0.3) is 0 Å². The normalized spacial score (nSPS) is 28.3. The average Bonchev–Trinajstić information content (AvgIpc) is 2.79. The van der Waals surface area contributed by atoms with E-state index in [0.717, 1.165) is 30.4 Å². The predicted octanol–water partition coefficient (Wildman–Crippen LogP) is 1.35. The van der Waals surface area contributed by atoms with Crippen LogP contribution >= 0.6 is 0 Å². The zero-order valence-corrected chi connectivity index (χ0v) is 11.0. The number of Topliss-reactive ketones (excluding diaryl/α,β-unsaturated/α-hetero) is 1. The molecule has 102 valence electrons. The van der Waals surface area contributed by atoms with E-state index in [-0.39, 0.29) is 23.6 Å². The number of hydrogen-bond acceptors (Lipinski definition) is 3. The Bertz CT molecular complexity index is 690. The maximum atomic E-state index is 12.6. The van der Waals surface area contributed by atoms with E-state index < -0.39 is 0 Å². The maximum absolute atomic E-state index is 12.6. The van der Waals surface area contributed by atoms with E-state index in [9.17, 15) is 15.2 Å². The smallest absolute Gasteiger partial charge is 0.336 e. The van der Waals surface area contributed by atoms with Gasteiger partial charge in [0.2, 0.25) is 6.04 Å². The van der Waals surface area contributed by atoms with E-state index in [2.05, 4.69) is 0 Å². The second-order valence-corrected chi connectivity index (χ2v) is 5.66. The van der Waals surface area contributed by atoms with Gasteiger partial charge < -0.3 is 5.21 Å². The summed E-state index contributed by atoms with van der Waals surface area (Å²) in [5.41, 5.74) is 1.68. The van der Waals surface area contributed by atoms with Crippen LogP contribution < -0.4 is 0 Å². The Morgan fingerprint density at radius 2 is 1.70 bits per heavy atom. The van der Waals surface area contributed by atoms with E-state index in [1.54, 1.807) is 18.2 Å². The van der Waals surface area contributed by atoms with Crippen molar-refractivity contribution in [3.8, 4) is 0 Å². The van der Waals surface area contributed by atoms with Gasteiger partial charge in [0.05, 0.1) is 5.56 Å². The molecular weight excluding hydrogens is 256 g/mol. The van der Waals surface area contributed by atoms with Gasteiger partial charge >= 0.3 is 11.4 Å². The van der Waals surface area contributed by atoms with Crippen LogP contribution in [0.2, 0.25) is 0 Å². The molecule has 5 heteroatoms. The van der Waals surface area contributed by atoms with Gasteiger partial charge in [0.15, 0.2) is 0 Å². The highest BCUT2D eigenvalue weighted by Crippen LogP contribution is 2.30. The van der Waals surface area contributed by atoms with Crippen LogP contribution in [-0.2, 0) is 0 Å². The summed E-state index contributed by atoms with van der Waals surface area (Å²) in [5, 5.41) is 23.1. The number of benzene rings is 1. The first-order valence-electron chi connectivity index (χ1n) is 7.03. The fourth-order valence-corrected chi connectivity index (χ4v) is 3.67. The highest BCUT2D eigenvalue weighted by atomic mass is 16.5. The number of rotatable bonds is 0. The summed E-state index contributed by atoms with van der Waals surface area (Å²) in [6.45, 7) is 0. The molecule has 0 spiro atoms. The molecule has 20 heavy (non-hydrogen) atoms. The first kappa shape index (κ1) is 11.6. The van der Waals surface area contributed by atoms with Gasteiger partial charge in [0.25, 0.3) is 11.8 Å². The molecule has 0 saturated heterocycles. The number of fused-ring (bicyclic) bond motifs is 4. The highest BCUT2D eigenvalue weighted by molar-refractivity contribution is 6.75. The Morgan fingerprint density at radius 3 is 2.45 bits per heavy atom. The van der Waals surface area contributed by atoms with Gasteiger partial charge in [-0.15, -0.1) is 0 Å². The van der Waals surface area contributed by atoms with Gasteiger partial charge in [-0.2, -0.15) is 4.74 Å². The van der Waals surface area contributed by atoms with Crippen molar-refractivity contribution in [2.75, 3.05) is 0 Å². The summed E-state index contributed by atoms with van der Waals surface area (Å²) in [6.07, 6.45) is 3.49. The third-order valence-corrected chi connectivity index (χ3v) is 4.62. The van der Waals surface area contributed by atoms with Gasteiger partial charge in [-0.05, 0) is 29.7 Å². The van der Waals surface area contributed by atoms with Crippen LogP contribution in [0.5, 0.6) is 0 Å². The lowest BCUT2D eigenvalue weighted by molar-refractivity contribution is -0.822. The summed E-state index contributed by atoms with van der Waals surface area (Å²) in [7, 11) is 0. The third kappa shape index (κ3) is 1.30. The number of carbonyl (C=O) groups excluding carboxylic acids is 1. The monoisotopic (exact) mass is 271 g/mol. The Kier molecular flexibility index (Phi) is 2.28. The average molecular weight is 271 g/mol. The molecule has 0 radical (unpaired) electrons. The van der Waals surface area contributed by atoms with E-state index in [0.29, 0.717) is 16.8 Å². The van der Waals surface area contributed by atoms with Crippen LogP contribution in [0.1, 0.15) is 41.6 Å². The van der Waals surface area contributed by atoms with E-state index in [1.807, 2.05) is 6.07 Å². The summed E-state index contributed by atoms with van der Waals surface area (Å²) in [5.74, 6) is -0.270. The Balaban J connectivity index is 2.00. The summed E-state index contributed by atoms with van der Waals surface area (Å²) < 4.78 is 2.03. The lowest BCUT2D eigenvalue weighted by Crippen LogP contribution is -2.54. The molecule has 1 aromatic rings. The molecule has 2 atom stereocenters. The fourth-order valence-electron chi connectivity index (χ4n) is 3.67. The summed E-state index contributed by atoms with van der Waals surface area (Å²) in [6, 6.07) is 6.57. The van der Waals surface area contributed by atoms with Gasteiger partial charge in [0.1, 0.15) is 0 Å². The SMILES string of the molecule is O=C1C2=[N+]([O-])[C@@H]3CCCC[C@@H]3[N+](O)=C2c2ccccc21. The zero-order chi connectivity index (χ0) is 13.9. The molecule has 4 rings (SSSR count). The largest absolute Gasteiger partial charge is 0.623 e. The number of nitrogens with zero attached hydrogens (tertiary/aromatic N) is 2. The van der Waals surface area contributed by atoms with Crippen LogP contribution in [-0.4, -0.2) is 44.0 Å². The van der Waals surface area contributed by atoms with Crippen molar-refractivity contribution in [3.63, 3.8) is 0 Å². The molecule has 0 bridgehead atoms. The highest BCUT2D eigenvalue weighted by Gasteiger charge is 2.56. The molecule has 0 amide bonds. The molecule has 3 aliphatic rings. The summed E-state index contributed by atoms with van der Waals surface area (Å²) in [4.78, 5) is 12.4. The molecule has 1 saturated carbocycles. The number of ketones is 1. The second-order valence-electron chi connectivity index (χ2n) is 5.66. The molecular formula is C15H15N2O3+. The van der Waals surface area contributed by atoms with E-state index in [1.165, 1.54) is 4.74 Å². The molecule has 1 N–H and O–H groups in total. The molecule has 0 unspecified atom stereocenters. The van der Waals surface area contributed by atoms with Crippen LogP contribution in [0.4, 0.5) is 0 Å². The van der Waals surface area contributed by atoms with Gasteiger partial charge in [-0.25, -0.2) is 0 Å². The van der Waals surface area contributed by atoms with Crippen molar-refractivity contribution in [1.29, 1.82) is 0 Å². The topological polar surface area (TPSA) is 66.4 Å². The lowest BCUT2D eigenvalue weighted by atomic mass is 9.89. The van der Waals surface area contributed by atoms with Gasteiger partial charge in [-0.3, -0.25) is 10.0 Å². The van der Waals surface area contributed by atoms with Gasteiger partial charge in [0, 0.05) is 18.4 Å². The van der Waals surface area contributed by atoms with Crippen molar-refractivity contribution in [1.82, 2.24) is 0 Å². The van der Waals surface area contributed by atoms with Crippen molar-refractivity contribution in [2.24, 2.45) is 0 Å². The zero-order valence-electron chi connectivity index (χ0n) is 11.0. The fraction of sp³-hybridized carbons (Fsp3) is 0.400. The first-order chi connectivity index (χ1) is 9.70. The summed E-state index contributed by atoms with van der Waals surface area (Å²) >= 11 is 0. The van der Waals surface area contributed by atoms with Crippen molar-refractivity contribution in [3.05, 3.63) is 40.6 Å². The van der Waals surface area contributed by atoms with Crippen LogP contribution in [0, 0.1) is 5.21 Å². The Labute approximate surface area is 116 Å². The predicted molar refractivity (Wildman–Crippen MR) is 71.6 cm³/mol. The van der Waals surface area contributed by atoms with Crippen LogP contribution in [0.3, 0.4) is 0 Å². The molecule has 5 nitrogen and oxygen atoms in total. The molecule has 1 heterocycles. The minimum atomic E-state index is -0.314. The number of carbonyl (C=O) groups is 1. The van der Waals surface area contributed by atoms with Crippen molar-refractivity contribution >= 4 is 17.2 Å². The Hall–Kier alpha value is -2.17. The molecule has 1 aromatic carbocycles. The minimum absolute atomic E-state index is 0.108. The number of hydroxylamine groups is 2. The van der Waals surface area contributed by atoms with Gasteiger partial charge in [-0.1, -0.05) is 12.1 Å². The standard InChI is InChI=1S/C15H15N2O3/c18-15-10-6-2-1-5-9(10)13-14(15)17(20)12-8-4-3-7-11(12)16(13)19/h1-2,5-6,11-12,19H,3-4,7-8H2/q+1/t11-,12+/m0/s1. The quantitative estimate of drug-likeness (QED) is 0.440. The second kappa shape index (κ2) is 3.91. The maximum Gasteiger partial charge on any atom is 0.336 e. The molecule has 2 aliphatic carbocycles. The molecule has 0 aromatic heterocycles. The van der Waals surface area contributed by atoms with Crippen molar-refractivity contribution < 1.29 is 19.5 Å². The Morgan fingerprint density at radius 1 is 1.05 bits per heavy atom. The van der Waals surface area contributed by atoms with Crippen molar-refractivity contribution in [2.45, 2.75) is 37.8 Å². The lowest BCUT2D eigenvalue weighted by Gasteiger charge is -2.28.